The van der Waals surface area contributed by atoms with E-state index in [1.54, 1.807) is 19.1 Å². The summed E-state index contributed by atoms with van der Waals surface area (Å²) in [7, 11) is 0. The molecular weight excluding hydrogens is 324 g/mol. The van der Waals surface area contributed by atoms with E-state index in [0.717, 1.165) is 0 Å². The summed E-state index contributed by atoms with van der Waals surface area (Å²) < 4.78 is 59.3. The smallest absolute Gasteiger partial charge is 0.387 e. The van der Waals surface area contributed by atoms with E-state index in [4.69, 9.17) is 4.74 Å². The first-order valence-corrected chi connectivity index (χ1v) is 7.05. The zero-order valence-electron chi connectivity index (χ0n) is 12.8. The van der Waals surface area contributed by atoms with Gasteiger partial charge < -0.3 is 9.47 Å². The fraction of sp³-hybridized carbons (Fsp3) is 0.222. The Kier molecular flexibility index (Phi) is 6.07. The summed E-state index contributed by atoms with van der Waals surface area (Å²) in [4.78, 5) is 0. The van der Waals surface area contributed by atoms with Gasteiger partial charge in [0.05, 0.1) is 0 Å². The largest absolute Gasteiger partial charge is 0.488 e. The Hall–Kier alpha value is -2.68. The average molecular weight is 338 g/mol. The second-order valence-corrected chi connectivity index (χ2v) is 4.79. The molecule has 0 aliphatic rings. The molecule has 2 nitrogen and oxygen atoms in total. The van der Waals surface area contributed by atoms with Crippen molar-refractivity contribution in [3.05, 3.63) is 58.9 Å². The third kappa shape index (κ3) is 4.92. The van der Waals surface area contributed by atoms with Crippen LogP contribution in [0.25, 0.3) is 0 Å². The van der Waals surface area contributed by atoms with Crippen LogP contribution < -0.4 is 9.47 Å². The Morgan fingerprint density at radius 2 is 1.67 bits per heavy atom. The van der Waals surface area contributed by atoms with E-state index in [1.807, 2.05) is 0 Å². The maximum atomic E-state index is 13.5. The Labute approximate surface area is 137 Å². The Balaban J connectivity index is 2.19. The van der Waals surface area contributed by atoms with Crippen LogP contribution in [-0.2, 0) is 0 Å². The van der Waals surface area contributed by atoms with E-state index in [1.165, 1.54) is 24.3 Å². The first-order chi connectivity index (χ1) is 11.5. The number of aryl methyl sites for hydroxylation is 1. The highest BCUT2D eigenvalue weighted by Crippen LogP contribution is 2.21. The lowest BCUT2D eigenvalue weighted by Gasteiger charge is -2.07. The van der Waals surface area contributed by atoms with Crippen molar-refractivity contribution in [2.75, 3.05) is 13.3 Å². The van der Waals surface area contributed by atoms with E-state index >= 15 is 0 Å². The fourth-order valence-corrected chi connectivity index (χ4v) is 1.94. The molecule has 0 aliphatic carbocycles. The van der Waals surface area contributed by atoms with Crippen LogP contribution >= 0.6 is 0 Å². The number of hydrogen-bond donors (Lipinski definition) is 0. The lowest BCUT2D eigenvalue weighted by Crippen LogP contribution is -2.03. The highest BCUT2D eigenvalue weighted by atomic mass is 19.3. The molecule has 6 heteroatoms. The minimum absolute atomic E-state index is 0.0729. The summed E-state index contributed by atoms with van der Waals surface area (Å²) in [5.41, 5.74) is 1.59. The van der Waals surface area contributed by atoms with Gasteiger partial charge in [-0.3, -0.25) is 0 Å². The van der Waals surface area contributed by atoms with Gasteiger partial charge in [-0.15, -0.1) is 0 Å². The van der Waals surface area contributed by atoms with E-state index < -0.39 is 19.1 Å². The normalized spacial score (nSPS) is 10.2. The van der Waals surface area contributed by atoms with Crippen molar-refractivity contribution in [3.63, 3.8) is 0 Å². The van der Waals surface area contributed by atoms with Crippen molar-refractivity contribution in [1.29, 1.82) is 0 Å². The molecular formula is C18H14F4O2. The molecule has 0 aromatic heterocycles. The van der Waals surface area contributed by atoms with Gasteiger partial charge in [-0.25, -0.2) is 8.78 Å². The molecule has 0 spiro atoms. The van der Waals surface area contributed by atoms with Crippen LogP contribution in [0.3, 0.4) is 0 Å². The summed E-state index contributed by atoms with van der Waals surface area (Å²) >= 11 is 0. The molecule has 0 bridgehead atoms. The van der Waals surface area contributed by atoms with Gasteiger partial charge in [0.2, 0.25) is 0 Å². The van der Waals surface area contributed by atoms with Gasteiger partial charge in [0.1, 0.15) is 19.0 Å². The number of rotatable bonds is 5. The maximum absolute atomic E-state index is 13.5. The van der Waals surface area contributed by atoms with Gasteiger partial charge in [-0.2, -0.15) is 8.78 Å². The predicted octanol–water partition coefficient (Wildman–Crippen LogP) is 4.48. The number of hydrogen-bond acceptors (Lipinski definition) is 2. The topological polar surface area (TPSA) is 18.5 Å². The lowest BCUT2D eigenvalue weighted by molar-refractivity contribution is -0.0502. The van der Waals surface area contributed by atoms with Crippen molar-refractivity contribution in [2.24, 2.45) is 0 Å². The lowest BCUT2D eigenvalue weighted by atomic mass is 10.1. The predicted molar refractivity (Wildman–Crippen MR) is 81.7 cm³/mol. The molecule has 0 aliphatic heterocycles. The standard InChI is InChI=1S/C18H14F4O2/c1-12-10-13(5-7-16(12)24-18(21)22)2-3-14-4-6-15(20)17(11-14)23-9-8-19/h4-7,10-11,18H,8-9H2,1H3. The number of benzene rings is 2. The summed E-state index contributed by atoms with van der Waals surface area (Å²) in [6.07, 6.45) is 0. The Morgan fingerprint density at radius 3 is 2.29 bits per heavy atom. The Bertz CT molecular complexity index is 763. The second-order valence-electron chi connectivity index (χ2n) is 4.79. The zero-order chi connectivity index (χ0) is 17.5. The van der Waals surface area contributed by atoms with Crippen LogP contribution in [0.1, 0.15) is 16.7 Å². The monoisotopic (exact) mass is 338 g/mol. The molecule has 0 atom stereocenters. The highest BCUT2D eigenvalue weighted by molar-refractivity contribution is 5.48. The maximum Gasteiger partial charge on any atom is 0.387 e. The molecule has 0 saturated heterocycles. The highest BCUT2D eigenvalue weighted by Gasteiger charge is 2.07. The van der Waals surface area contributed by atoms with Crippen molar-refractivity contribution in [1.82, 2.24) is 0 Å². The average Bonchev–Trinajstić information content (AvgIpc) is 2.55. The summed E-state index contributed by atoms with van der Waals surface area (Å²) in [5, 5.41) is 0. The molecule has 0 amide bonds. The molecule has 126 valence electrons. The van der Waals surface area contributed by atoms with Crippen molar-refractivity contribution < 1.29 is 27.0 Å². The van der Waals surface area contributed by atoms with Crippen LogP contribution in [0.5, 0.6) is 11.5 Å². The molecule has 0 N–H and O–H groups in total. The van der Waals surface area contributed by atoms with Gasteiger partial charge in [0, 0.05) is 11.1 Å². The van der Waals surface area contributed by atoms with Crippen molar-refractivity contribution in [3.8, 4) is 23.3 Å². The number of alkyl halides is 3. The molecule has 0 heterocycles. The molecule has 0 fully saturated rings. The molecule has 2 aromatic carbocycles. The van der Waals surface area contributed by atoms with Gasteiger partial charge in [0.25, 0.3) is 0 Å². The number of halogens is 4. The van der Waals surface area contributed by atoms with Gasteiger partial charge >= 0.3 is 6.61 Å². The third-order valence-electron chi connectivity index (χ3n) is 3.01. The van der Waals surface area contributed by atoms with Crippen LogP contribution in [0, 0.1) is 24.6 Å². The van der Waals surface area contributed by atoms with E-state index in [2.05, 4.69) is 16.6 Å². The van der Waals surface area contributed by atoms with Crippen LogP contribution in [0.15, 0.2) is 36.4 Å². The van der Waals surface area contributed by atoms with Gasteiger partial charge in [-0.05, 0) is 48.9 Å². The molecule has 0 radical (unpaired) electrons. The van der Waals surface area contributed by atoms with Crippen molar-refractivity contribution >= 4 is 0 Å². The van der Waals surface area contributed by atoms with Crippen LogP contribution in [0.4, 0.5) is 17.6 Å². The van der Waals surface area contributed by atoms with E-state index in [9.17, 15) is 17.6 Å². The molecule has 24 heavy (non-hydrogen) atoms. The van der Waals surface area contributed by atoms with E-state index in [0.29, 0.717) is 16.7 Å². The summed E-state index contributed by atoms with van der Waals surface area (Å²) in [6.45, 7) is -2.22. The van der Waals surface area contributed by atoms with Crippen LogP contribution in [0.2, 0.25) is 0 Å². The van der Waals surface area contributed by atoms with Crippen LogP contribution in [-0.4, -0.2) is 19.9 Å². The minimum atomic E-state index is -2.89. The first-order valence-electron chi connectivity index (χ1n) is 7.05. The molecule has 0 saturated carbocycles. The summed E-state index contributed by atoms with van der Waals surface area (Å²) in [6, 6.07) is 8.58. The van der Waals surface area contributed by atoms with Crippen molar-refractivity contribution in [2.45, 2.75) is 13.5 Å². The second kappa shape index (κ2) is 8.25. The quantitative estimate of drug-likeness (QED) is 0.591. The zero-order valence-corrected chi connectivity index (χ0v) is 12.8. The Morgan fingerprint density at radius 1 is 1.00 bits per heavy atom. The molecule has 0 unspecified atom stereocenters. The fourth-order valence-electron chi connectivity index (χ4n) is 1.94. The van der Waals surface area contributed by atoms with Gasteiger partial charge in [0.15, 0.2) is 11.6 Å². The van der Waals surface area contributed by atoms with E-state index in [-0.39, 0.29) is 18.1 Å². The molecule has 2 aromatic rings. The minimum Gasteiger partial charge on any atom is -0.488 e. The first kappa shape index (κ1) is 17.7. The number of ether oxygens (including phenoxy) is 2. The molecule has 2 rings (SSSR count). The SMILES string of the molecule is Cc1cc(C#Cc2ccc(F)c(OCCF)c2)ccc1OC(F)F. The summed E-state index contributed by atoms with van der Waals surface area (Å²) in [5.74, 6) is 5.06. The third-order valence-corrected chi connectivity index (χ3v) is 3.01. The van der Waals surface area contributed by atoms with Gasteiger partial charge in [-0.1, -0.05) is 11.8 Å².